The minimum atomic E-state index is 0.341. The van der Waals surface area contributed by atoms with E-state index in [4.69, 9.17) is 11.6 Å². The highest BCUT2D eigenvalue weighted by Crippen LogP contribution is 2.21. The first-order valence-corrected chi connectivity index (χ1v) is 5.11. The number of hydrogen-bond donors (Lipinski definition) is 1. The Balaban J connectivity index is 2.65. The molecular formula is C11H16ClN. The molecule has 1 atom stereocenters. The smallest absolute Gasteiger partial charge is 0.0453 e. The van der Waals surface area contributed by atoms with Gasteiger partial charge in [-0.2, -0.15) is 0 Å². The SMILES string of the molecule is CCCN[C@H](C)c1ccccc1Cl. The molecule has 0 heterocycles. The Morgan fingerprint density at radius 1 is 1.38 bits per heavy atom. The van der Waals surface area contributed by atoms with Gasteiger partial charge in [0.15, 0.2) is 0 Å². The van der Waals surface area contributed by atoms with Crippen LogP contribution in [0.3, 0.4) is 0 Å². The largest absolute Gasteiger partial charge is 0.310 e. The second kappa shape index (κ2) is 5.25. The van der Waals surface area contributed by atoms with Crippen molar-refractivity contribution in [2.75, 3.05) is 6.54 Å². The summed E-state index contributed by atoms with van der Waals surface area (Å²) >= 11 is 6.06. The number of rotatable bonds is 4. The predicted molar refractivity (Wildman–Crippen MR) is 58.2 cm³/mol. The van der Waals surface area contributed by atoms with Crippen LogP contribution in [0, 0.1) is 0 Å². The molecule has 0 bridgehead atoms. The first kappa shape index (κ1) is 10.6. The van der Waals surface area contributed by atoms with Crippen molar-refractivity contribution in [2.24, 2.45) is 0 Å². The first-order chi connectivity index (χ1) is 6.25. The highest BCUT2D eigenvalue weighted by molar-refractivity contribution is 6.31. The average Bonchev–Trinajstić information content (AvgIpc) is 2.15. The molecule has 2 heteroatoms. The summed E-state index contributed by atoms with van der Waals surface area (Å²) in [5, 5.41) is 4.25. The van der Waals surface area contributed by atoms with E-state index in [1.54, 1.807) is 0 Å². The molecular weight excluding hydrogens is 182 g/mol. The molecule has 72 valence electrons. The normalized spacial score (nSPS) is 12.8. The van der Waals surface area contributed by atoms with E-state index in [2.05, 4.69) is 25.2 Å². The number of nitrogens with one attached hydrogen (secondary N) is 1. The lowest BCUT2D eigenvalue weighted by molar-refractivity contribution is 0.571. The third kappa shape index (κ3) is 3.02. The summed E-state index contributed by atoms with van der Waals surface area (Å²) in [6.07, 6.45) is 1.15. The van der Waals surface area contributed by atoms with Gasteiger partial charge < -0.3 is 5.32 Å². The maximum atomic E-state index is 6.06. The molecule has 0 saturated heterocycles. The molecule has 1 rings (SSSR count). The minimum absolute atomic E-state index is 0.341. The standard InChI is InChI=1S/C11H16ClN/c1-3-8-13-9(2)10-6-4-5-7-11(10)12/h4-7,9,13H,3,8H2,1-2H3/t9-/m1/s1. The minimum Gasteiger partial charge on any atom is -0.310 e. The van der Waals surface area contributed by atoms with Gasteiger partial charge in [0, 0.05) is 11.1 Å². The first-order valence-electron chi connectivity index (χ1n) is 4.73. The highest BCUT2D eigenvalue weighted by atomic mass is 35.5. The van der Waals surface area contributed by atoms with Gasteiger partial charge in [-0.15, -0.1) is 0 Å². The highest BCUT2D eigenvalue weighted by Gasteiger charge is 2.06. The molecule has 1 aromatic carbocycles. The van der Waals surface area contributed by atoms with E-state index in [9.17, 15) is 0 Å². The Bertz CT molecular complexity index is 260. The van der Waals surface area contributed by atoms with Gasteiger partial charge in [-0.05, 0) is 31.5 Å². The van der Waals surface area contributed by atoms with Crippen molar-refractivity contribution in [2.45, 2.75) is 26.3 Å². The van der Waals surface area contributed by atoms with Crippen LogP contribution in [0.15, 0.2) is 24.3 Å². The predicted octanol–water partition coefficient (Wildman–Crippen LogP) is 3.40. The summed E-state index contributed by atoms with van der Waals surface area (Å²) in [4.78, 5) is 0. The quantitative estimate of drug-likeness (QED) is 0.780. The maximum Gasteiger partial charge on any atom is 0.0453 e. The van der Waals surface area contributed by atoms with Crippen molar-refractivity contribution in [3.05, 3.63) is 34.9 Å². The van der Waals surface area contributed by atoms with E-state index < -0.39 is 0 Å². The van der Waals surface area contributed by atoms with Gasteiger partial charge in [0.25, 0.3) is 0 Å². The van der Waals surface area contributed by atoms with Crippen molar-refractivity contribution >= 4 is 11.6 Å². The molecule has 0 amide bonds. The number of halogens is 1. The van der Waals surface area contributed by atoms with Gasteiger partial charge >= 0.3 is 0 Å². The lowest BCUT2D eigenvalue weighted by Crippen LogP contribution is -2.19. The summed E-state index contributed by atoms with van der Waals surface area (Å²) < 4.78 is 0. The Morgan fingerprint density at radius 2 is 2.08 bits per heavy atom. The van der Waals surface area contributed by atoms with Crippen LogP contribution in [0.25, 0.3) is 0 Å². The number of benzene rings is 1. The molecule has 0 unspecified atom stereocenters. The molecule has 0 fully saturated rings. The zero-order valence-electron chi connectivity index (χ0n) is 8.18. The van der Waals surface area contributed by atoms with Crippen LogP contribution in [0.2, 0.25) is 5.02 Å². The molecule has 0 saturated carbocycles. The summed E-state index contributed by atoms with van der Waals surface area (Å²) in [7, 11) is 0. The molecule has 0 aliphatic rings. The van der Waals surface area contributed by atoms with Crippen LogP contribution in [0.1, 0.15) is 31.9 Å². The van der Waals surface area contributed by atoms with Crippen LogP contribution >= 0.6 is 11.6 Å². The van der Waals surface area contributed by atoms with Crippen molar-refractivity contribution < 1.29 is 0 Å². The Hall–Kier alpha value is -0.530. The molecule has 1 N–H and O–H groups in total. The third-order valence-electron chi connectivity index (χ3n) is 2.07. The zero-order chi connectivity index (χ0) is 9.68. The average molecular weight is 198 g/mol. The van der Waals surface area contributed by atoms with E-state index >= 15 is 0 Å². The Kier molecular flexibility index (Phi) is 4.26. The topological polar surface area (TPSA) is 12.0 Å². The van der Waals surface area contributed by atoms with E-state index in [0.717, 1.165) is 18.0 Å². The zero-order valence-corrected chi connectivity index (χ0v) is 8.93. The lowest BCUT2D eigenvalue weighted by atomic mass is 10.1. The molecule has 1 nitrogen and oxygen atoms in total. The maximum absolute atomic E-state index is 6.06. The van der Waals surface area contributed by atoms with Gasteiger partial charge in [-0.3, -0.25) is 0 Å². The van der Waals surface area contributed by atoms with Gasteiger partial charge in [0.1, 0.15) is 0 Å². The van der Waals surface area contributed by atoms with Crippen LogP contribution in [-0.2, 0) is 0 Å². The second-order valence-corrected chi connectivity index (χ2v) is 3.60. The van der Waals surface area contributed by atoms with E-state index in [-0.39, 0.29) is 0 Å². The van der Waals surface area contributed by atoms with Gasteiger partial charge in [0.2, 0.25) is 0 Å². The van der Waals surface area contributed by atoms with Crippen molar-refractivity contribution in [1.29, 1.82) is 0 Å². The third-order valence-corrected chi connectivity index (χ3v) is 2.42. The molecule has 0 aromatic heterocycles. The fraction of sp³-hybridized carbons (Fsp3) is 0.455. The molecule has 13 heavy (non-hydrogen) atoms. The van der Waals surface area contributed by atoms with E-state index in [0.29, 0.717) is 6.04 Å². The molecule has 0 spiro atoms. The Morgan fingerprint density at radius 3 is 2.69 bits per heavy atom. The lowest BCUT2D eigenvalue weighted by Gasteiger charge is -2.14. The molecule has 0 radical (unpaired) electrons. The van der Waals surface area contributed by atoms with Crippen molar-refractivity contribution in [3.63, 3.8) is 0 Å². The van der Waals surface area contributed by atoms with Crippen LogP contribution in [0.5, 0.6) is 0 Å². The van der Waals surface area contributed by atoms with Gasteiger partial charge in [0.05, 0.1) is 0 Å². The fourth-order valence-electron chi connectivity index (χ4n) is 1.30. The van der Waals surface area contributed by atoms with Crippen LogP contribution in [-0.4, -0.2) is 6.54 Å². The van der Waals surface area contributed by atoms with E-state index in [1.807, 2.05) is 18.2 Å². The monoisotopic (exact) mass is 197 g/mol. The van der Waals surface area contributed by atoms with Crippen molar-refractivity contribution in [1.82, 2.24) is 5.32 Å². The number of hydrogen-bond acceptors (Lipinski definition) is 1. The van der Waals surface area contributed by atoms with E-state index in [1.165, 1.54) is 5.56 Å². The Labute approximate surface area is 85.1 Å². The molecule has 0 aliphatic carbocycles. The summed E-state index contributed by atoms with van der Waals surface area (Å²) in [6, 6.07) is 8.31. The summed E-state index contributed by atoms with van der Waals surface area (Å²) in [6.45, 7) is 5.33. The molecule has 0 aliphatic heterocycles. The molecule has 1 aromatic rings. The fourth-order valence-corrected chi connectivity index (χ4v) is 1.60. The summed E-state index contributed by atoms with van der Waals surface area (Å²) in [5.74, 6) is 0. The summed E-state index contributed by atoms with van der Waals surface area (Å²) in [5.41, 5.74) is 1.18. The van der Waals surface area contributed by atoms with Crippen LogP contribution < -0.4 is 5.32 Å². The van der Waals surface area contributed by atoms with Crippen LogP contribution in [0.4, 0.5) is 0 Å². The van der Waals surface area contributed by atoms with Gasteiger partial charge in [-0.25, -0.2) is 0 Å². The second-order valence-electron chi connectivity index (χ2n) is 3.20. The van der Waals surface area contributed by atoms with Crippen molar-refractivity contribution in [3.8, 4) is 0 Å². The van der Waals surface area contributed by atoms with Gasteiger partial charge in [-0.1, -0.05) is 36.7 Å².